The molecule has 0 aliphatic carbocycles. The molecule has 0 spiro atoms. The van der Waals surface area contributed by atoms with Gasteiger partial charge in [0.25, 0.3) is 0 Å². The number of aliphatic carboxylic acids is 1. The van der Waals surface area contributed by atoms with Crippen LogP contribution in [-0.2, 0) is 16.8 Å². The predicted molar refractivity (Wildman–Crippen MR) is 70.4 cm³/mol. The topological polar surface area (TPSA) is 72.5 Å². The van der Waals surface area contributed by atoms with Gasteiger partial charge < -0.3 is 20.2 Å². The number of fused-ring (bicyclic) bond motifs is 3. The van der Waals surface area contributed by atoms with Crippen LogP contribution in [0.3, 0.4) is 0 Å². The van der Waals surface area contributed by atoms with Crippen LogP contribution in [0, 0.1) is 0 Å². The van der Waals surface area contributed by atoms with Gasteiger partial charge in [0.1, 0.15) is 11.6 Å². The van der Waals surface area contributed by atoms with Gasteiger partial charge in [-0.1, -0.05) is 25.1 Å². The smallest absolute Gasteiger partial charge is 0.134 e. The molecule has 0 saturated carbocycles. The van der Waals surface area contributed by atoms with E-state index in [0.29, 0.717) is 6.42 Å². The number of carboxylic acid groups (broad SMARTS) is 1. The number of hydrogen-bond acceptors (Lipinski definition) is 2. The maximum Gasteiger partial charge on any atom is 0.134 e. The number of aromatic nitrogens is 1. The highest BCUT2D eigenvalue weighted by molar-refractivity contribution is 5.86. The quantitative estimate of drug-likeness (QED) is 0.797. The molecule has 0 fully saturated rings. The van der Waals surface area contributed by atoms with Crippen molar-refractivity contribution in [2.24, 2.45) is 0 Å². The third kappa shape index (κ3) is 1.75. The Kier molecular flexibility index (Phi) is 2.64. The summed E-state index contributed by atoms with van der Waals surface area (Å²) in [5, 5.41) is 14.3. The second-order valence-corrected chi connectivity index (χ2v) is 5.59. The van der Waals surface area contributed by atoms with Crippen LogP contribution in [0.25, 0.3) is 10.9 Å². The van der Waals surface area contributed by atoms with Gasteiger partial charge >= 0.3 is 0 Å². The molecule has 1 aliphatic rings. The minimum atomic E-state index is -0.976. The van der Waals surface area contributed by atoms with Crippen LogP contribution in [0.5, 0.6) is 0 Å². The molecule has 3 N–H and O–H groups in total. The molecule has 3 rings (SSSR count). The van der Waals surface area contributed by atoms with Gasteiger partial charge in [-0.05, 0) is 18.6 Å². The number of aromatic amines is 1. The molecule has 4 nitrogen and oxygen atoms in total. The number of quaternary nitrogens is 1. The number of hydrogen-bond donors (Lipinski definition) is 2. The van der Waals surface area contributed by atoms with E-state index in [0.717, 1.165) is 28.6 Å². The fraction of sp³-hybridized carbons (Fsp3) is 0.400. The van der Waals surface area contributed by atoms with Crippen LogP contribution in [0.15, 0.2) is 24.3 Å². The fourth-order valence-corrected chi connectivity index (χ4v) is 3.15. The zero-order valence-electron chi connectivity index (χ0n) is 11.2. The van der Waals surface area contributed by atoms with Gasteiger partial charge in [0.05, 0.1) is 11.7 Å². The van der Waals surface area contributed by atoms with Gasteiger partial charge in [-0.25, -0.2) is 0 Å². The Morgan fingerprint density at radius 1 is 1.53 bits per heavy atom. The SMILES string of the molecule is CC[C@]1(C)[NH2+][C@@H](C(=O)[O-])Cc2c1[nH]c1ccccc21. The number of nitrogens with one attached hydrogen (secondary N) is 1. The van der Waals surface area contributed by atoms with E-state index in [1.54, 1.807) is 0 Å². The molecule has 4 heteroatoms. The highest BCUT2D eigenvalue weighted by atomic mass is 16.4. The van der Waals surface area contributed by atoms with Gasteiger partial charge in [-0.15, -0.1) is 0 Å². The molecule has 1 aliphatic heterocycles. The van der Waals surface area contributed by atoms with Crippen molar-refractivity contribution in [3.05, 3.63) is 35.5 Å². The van der Waals surface area contributed by atoms with Gasteiger partial charge in [-0.2, -0.15) is 0 Å². The van der Waals surface area contributed by atoms with Gasteiger partial charge in [0.2, 0.25) is 0 Å². The second kappa shape index (κ2) is 4.10. The maximum atomic E-state index is 11.3. The number of carbonyl (C=O) groups excluding carboxylic acids is 1. The molecule has 100 valence electrons. The summed E-state index contributed by atoms with van der Waals surface area (Å²) < 4.78 is 0. The lowest BCUT2D eigenvalue weighted by molar-refractivity contribution is -0.760. The van der Waals surface area contributed by atoms with Crippen LogP contribution in [0.4, 0.5) is 0 Å². The molecule has 0 saturated heterocycles. The van der Waals surface area contributed by atoms with Crippen molar-refractivity contribution < 1.29 is 15.2 Å². The first-order valence-electron chi connectivity index (χ1n) is 6.72. The minimum Gasteiger partial charge on any atom is -0.544 e. The van der Waals surface area contributed by atoms with Crippen molar-refractivity contribution in [1.29, 1.82) is 0 Å². The van der Waals surface area contributed by atoms with Crippen LogP contribution in [0.2, 0.25) is 0 Å². The number of carboxylic acids is 1. The molecule has 1 aromatic heterocycles. The number of H-pyrrole nitrogens is 1. The average molecular weight is 258 g/mol. The molecular weight excluding hydrogens is 240 g/mol. The van der Waals surface area contributed by atoms with Gasteiger partial charge in [0.15, 0.2) is 0 Å². The largest absolute Gasteiger partial charge is 0.544 e. The standard InChI is InChI=1S/C15H18N2O2/c1-3-15(2)13-10(8-12(17-15)14(18)19)9-6-4-5-7-11(9)16-13/h4-7,12,16-17H,3,8H2,1-2H3,(H,18,19)/t12-,15+/m1/s1. The molecule has 0 amide bonds. The molecule has 19 heavy (non-hydrogen) atoms. The van der Waals surface area contributed by atoms with Crippen LogP contribution < -0.4 is 10.4 Å². The normalized spacial score (nSPS) is 26.3. The second-order valence-electron chi connectivity index (χ2n) is 5.59. The van der Waals surface area contributed by atoms with E-state index in [1.807, 2.05) is 23.5 Å². The van der Waals surface area contributed by atoms with E-state index in [9.17, 15) is 9.90 Å². The van der Waals surface area contributed by atoms with Crippen molar-refractivity contribution in [3.63, 3.8) is 0 Å². The lowest BCUT2D eigenvalue weighted by Gasteiger charge is -2.36. The highest BCUT2D eigenvalue weighted by Crippen LogP contribution is 2.33. The maximum absolute atomic E-state index is 11.3. The average Bonchev–Trinajstić information content (AvgIpc) is 2.78. The summed E-state index contributed by atoms with van der Waals surface area (Å²) in [6, 6.07) is 7.58. The van der Waals surface area contributed by atoms with Gasteiger partial charge in [-0.3, -0.25) is 0 Å². The summed E-state index contributed by atoms with van der Waals surface area (Å²) in [5.74, 6) is -0.976. The van der Waals surface area contributed by atoms with Crippen LogP contribution in [0.1, 0.15) is 31.5 Å². The van der Waals surface area contributed by atoms with E-state index < -0.39 is 12.0 Å². The molecule has 2 atom stereocenters. The summed E-state index contributed by atoms with van der Waals surface area (Å²) >= 11 is 0. The number of para-hydroxylation sites is 1. The van der Waals surface area contributed by atoms with Crippen LogP contribution in [-0.4, -0.2) is 17.0 Å². The molecule has 2 aromatic rings. The van der Waals surface area contributed by atoms with E-state index in [4.69, 9.17) is 0 Å². The Morgan fingerprint density at radius 3 is 2.95 bits per heavy atom. The molecule has 0 bridgehead atoms. The Bertz CT molecular complexity index is 647. The number of nitrogens with two attached hydrogens (primary N) is 1. The van der Waals surface area contributed by atoms with Crippen molar-refractivity contribution in [3.8, 4) is 0 Å². The number of benzene rings is 1. The Labute approximate surface area is 111 Å². The van der Waals surface area contributed by atoms with Gasteiger partial charge in [0, 0.05) is 23.7 Å². The monoisotopic (exact) mass is 258 g/mol. The van der Waals surface area contributed by atoms with Crippen LogP contribution >= 0.6 is 0 Å². The Morgan fingerprint density at radius 2 is 2.26 bits per heavy atom. The van der Waals surface area contributed by atoms with E-state index in [1.165, 1.54) is 0 Å². The first-order valence-corrected chi connectivity index (χ1v) is 6.72. The lowest BCUT2D eigenvalue weighted by Crippen LogP contribution is -3.02. The molecule has 2 heterocycles. The Hall–Kier alpha value is -1.81. The number of carbonyl (C=O) groups is 1. The molecule has 1 aromatic carbocycles. The summed E-state index contributed by atoms with van der Waals surface area (Å²) in [6.07, 6.45) is 1.40. The zero-order chi connectivity index (χ0) is 13.6. The zero-order valence-corrected chi connectivity index (χ0v) is 11.2. The van der Waals surface area contributed by atoms with Crippen molar-refractivity contribution in [2.45, 2.75) is 38.3 Å². The Balaban J connectivity index is 2.23. The van der Waals surface area contributed by atoms with E-state index in [-0.39, 0.29) is 5.54 Å². The van der Waals surface area contributed by atoms with E-state index >= 15 is 0 Å². The third-order valence-corrected chi connectivity index (χ3v) is 4.42. The van der Waals surface area contributed by atoms with E-state index in [2.05, 4.69) is 24.9 Å². The molecule has 0 radical (unpaired) electrons. The first-order chi connectivity index (χ1) is 9.05. The number of rotatable bonds is 2. The van der Waals surface area contributed by atoms with Crippen molar-refractivity contribution in [2.75, 3.05) is 0 Å². The third-order valence-electron chi connectivity index (χ3n) is 4.42. The highest BCUT2D eigenvalue weighted by Gasteiger charge is 2.41. The van der Waals surface area contributed by atoms with Crippen molar-refractivity contribution >= 4 is 16.9 Å². The fourth-order valence-electron chi connectivity index (χ4n) is 3.15. The predicted octanol–water partition coefficient (Wildman–Crippen LogP) is 0.0311. The summed E-state index contributed by atoms with van der Waals surface area (Å²) in [6.45, 7) is 4.18. The minimum absolute atomic E-state index is 0.225. The summed E-state index contributed by atoms with van der Waals surface area (Å²) in [4.78, 5) is 14.7. The summed E-state index contributed by atoms with van der Waals surface area (Å²) in [5.41, 5.74) is 3.15. The lowest BCUT2D eigenvalue weighted by atomic mass is 9.83. The first kappa shape index (κ1) is 12.2. The summed E-state index contributed by atoms with van der Waals surface area (Å²) in [7, 11) is 0. The van der Waals surface area contributed by atoms with Crippen molar-refractivity contribution in [1.82, 2.24) is 4.98 Å². The molecular formula is C15H18N2O2. The molecule has 0 unspecified atom stereocenters.